The predicted molar refractivity (Wildman–Crippen MR) is 94.0 cm³/mol. The summed E-state index contributed by atoms with van der Waals surface area (Å²) < 4.78 is 19.5. The number of halogens is 2. The Hall–Kier alpha value is -1.05. The molecule has 0 amide bonds. The van der Waals surface area contributed by atoms with Crippen molar-refractivity contribution in [3.63, 3.8) is 0 Å². The van der Waals surface area contributed by atoms with Gasteiger partial charge < -0.3 is 15.4 Å². The molecule has 1 atom stereocenters. The van der Waals surface area contributed by atoms with Gasteiger partial charge in [0, 0.05) is 14.1 Å². The van der Waals surface area contributed by atoms with E-state index in [1.54, 1.807) is 20.2 Å². The fourth-order valence-electron chi connectivity index (χ4n) is 1.93. The molecule has 6 heteroatoms. The molecule has 0 heterocycles. The SMILES string of the molecule is CN=C(NC)NC(C)c1ccc(OCC2CC2)c(F)c1.I. The molecule has 1 saturated carbocycles. The highest BCUT2D eigenvalue weighted by molar-refractivity contribution is 14.0. The Morgan fingerprint density at radius 3 is 2.71 bits per heavy atom. The monoisotopic (exact) mass is 407 g/mol. The summed E-state index contributed by atoms with van der Waals surface area (Å²) in [6, 6.07) is 5.07. The first-order chi connectivity index (χ1) is 9.63. The Labute approximate surface area is 142 Å². The Kier molecular flexibility index (Phi) is 7.21. The summed E-state index contributed by atoms with van der Waals surface area (Å²) in [6.45, 7) is 2.58. The van der Waals surface area contributed by atoms with Gasteiger partial charge in [-0.05, 0) is 43.4 Å². The lowest BCUT2D eigenvalue weighted by Gasteiger charge is -2.17. The lowest BCUT2D eigenvalue weighted by atomic mass is 10.1. The molecule has 0 saturated heterocycles. The van der Waals surface area contributed by atoms with E-state index in [9.17, 15) is 4.39 Å². The summed E-state index contributed by atoms with van der Waals surface area (Å²) >= 11 is 0. The highest BCUT2D eigenvalue weighted by Crippen LogP contribution is 2.30. The molecule has 4 nitrogen and oxygen atoms in total. The van der Waals surface area contributed by atoms with Gasteiger partial charge in [-0.15, -0.1) is 24.0 Å². The van der Waals surface area contributed by atoms with Gasteiger partial charge >= 0.3 is 0 Å². The van der Waals surface area contributed by atoms with E-state index < -0.39 is 0 Å². The summed E-state index contributed by atoms with van der Waals surface area (Å²) in [7, 11) is 3.48. The van der Waals surface area contributed by atoms with Crippen LogP contribution in [0.2, 0.25) is 0 Å². The molecule has 1 aromatic carbocycles. The Balaban J connectivity index is 0.00000220. The second-order valence-corrected chi connectivity index (χ2v) is 5.13. The molecule has 0 spiro atoms. The van der Waals surface area contributed by atoms with Gasteiger partial charge in [-0.2, -0.15) is 0 Å². The third kappa shape index (κ3) is 5.33. The summed E-state index contributed by atoms with van der Waals surface area (Å²) in [6.07, 6.45) is 2.40. The number of guanidine groups is 1. The van der Waals surface area contributed by atoms with Crippen molar-refractivity contribution in [3.05, 3.63) is 29.6 Å². The maximum atomic E-state index is 14.0. The summed E-state index contributed by atoms with van der Waals surface area (Å²) in [5.41, 5.74) is 0.859. The largest absolute Gasteiger partial charge is 0.490 e. The van der Waals surface area contributed by atoms with E-state index in [4.69, 9.17) is 4.74 Å². The molecule has 0 aliphatic heterocycles. The Bertz CT molecular complexity index is 492. The second kappa shape index (κ2) is 8.41. The van der Waals surface area contributed by atoms with Crippen molar-refractivity contribution in [2.45, 2.75) is 25.8 Å². The van der Waals surface area contributed by atoms with E-state index in [-0.39, 0.29) is 35.8 Å². The van der Waals surface area contributed by atoms with Crippen molar-refractivity contribution < 1.29 is 9.13 Å². The van der Waals surface area contributed by atoms with Gasteiger partial charge in [0.25, 0.3) is 0 Å². The van der Waals surface area contributed by atoms with Crippen LogP contribution in [0.1, 0.15) is 31.4 Å². The van der Waals surface area contributed by atoms with Crippen LogP contribution in [0, 0.1) is 11.7 Å². The summed E-state index contributed by atoms with van der Waals surface area (Å²) in [4.78, 5) is 4.04. The van der Waals surface area contributed by atoms with Crippen molar-refractivity contribution in [2.75, 3.05) is 20.7 Å². The maximum Gasteiger partial charge on any atom is 0.191 e. The maximum absolute atomic E-state index is 14.0. The number of rotatable bonds is 5. The fourth-order valence-corrected chi connectivity index (χ4v) is 1.93. The molecule has 0 bridgehead atoms. The number of ether oxygens (including phenoxy) is 1. The van der Waals surface area contributed by atoms with Gasteiger partial charge in [-0.25, -0.2) is 4.39 Å². The van der Waals surface area contributed by atoms with Crippen LogP contribution in [0.25, 0.3) is 0 Å². The average Bonchev–Trinajstić information content (AvgIpc) is 3.27. The number of benzene rings is 1. The van der Waals surface area contributed by atoms with Gasteiger partial charge in [0.15, 0.2) is 17.5 Å². The number of hydrogen-bond acceptors (Lipinski definition) is 2. The molecular formula is C15H23FIN3O. The van der Waals surface area contributed by atoms with Crippen molar-refractivity contribution in [1.82, 2.24) is 10.6 Å². The predicted octanol–water partition coefficient (Wildman–Crippen LogP) is 3.09. The molecule has 1 aliphatic rings. The lowest BCUT2D eigenvalue weighted by Crippen LogP contribution is -2.36. The molecule has 2 N–H and O–H groups in total. The molecule has 1 fully saturated rings. The molecule has 0 radical (unpaired) electrons. The van der Waals surface area contributed by atoms with E-state index in [1.807, 2.05) is 13.0 Å². The Morgan fingerprint density at radius 2 is 2.19 bits per heavy atom. The molecule has 1 aliphatic carbocycles. The van der Waals surface area contributed by atoms with E-state index in [0.717, 1.165) is 5.56 Å². The normalized spacial score (nSPS) is 15.9. The summed E-state index contributed by atoms with van der Waals surface area (Å²) in [5.74, 6) is 1.32. The Morgan fingerprint density at radius 1 is 1.48 bits per heavy atom. The minimum Gasteiger partial charge on any atom is -0.490 e. The minimum atomic E-state index is -0.309. The zero-order chi connectivity index (χ0) is 14.5. The quantitative estimate of drug-likeness (QED) is 0.448. The lowest BCUT2D eigenvalue weighted by molar-refractivity contribution is 0.285. The molecule has 1 unspecified atom stereocenters. The van der Waals surface area contributed by atoms with Crippen molar-refractivity contribution in [2.24, 2.45) is 10.9 Å². The number of hydrogen-bond donors (Lipinski definition) is 2. The van der Waals surface area contributed by atoms with Crippen molar-refractivity contribution in [3.8, 4) is 5.75 Å². The van der Waals surface area contributed by atoms with E-state index in [1.165, 1.54) is 18.9 Å². The van der Waals surface area contributed by atoms with Crippen LogP contribution in [-0.4, -0.2) is 26.7 Å². The van der Waals surface area contributed by atoms with Crippen LogP contribution < -0.4 is 15.4 Å². The smallest absolute Gasteiger partial charge is 0.191 e. The fraction of sp³-hybridized carbons (Fsp3) is 0.533. The highest BCUT2D eigenvalue weighted by atomic mass is 127. The third-order valence-electron chi connectivity index (χ3n) is 3.44. The van der Waals surface area contributed by atoms with Crippen LogP contribution in [0.4, 0.5) is 4.39 Å². The van der Waals surface area contributed by atoms with Crippen molar-refractivity contribution in [1.29, 1.82) is 0 Å². The molecule has 1 aromatic rings. The zero-order valence-corrected chi connectivity index (χ0v) is 15.0. The first-order valence-corrected chi connectivity index (χ1v) is 6.97. The molecule has 2 rings (SSSR count). The van der Waals surface area contributed by atoms with Crippen molar-refractivity contribution >= 4 is 29.9 Å². The first-order valence-electron chi connectivity index (χ1n) is 6.97. The second-order valence-electron chi connectivity index (χ2n) is 5.13. The highest BCUT2D eigenvalue weighted by Gasteiger charge is 2.22. The third-order valence-corrected chi connectivity index (χ3v) is 3.44. The molecule has 0 aromatic heterocycles. The van der Waals surface area contributed by atoms with Gasteiger partial charge in [0.2, 0.25) is 0 Å². The molecular weight excluding hydrogens is 384 g/mol. The van der Waals surface area contributed by atoms with Gasteiger partial charge in [-0.3, -0.25) is 4.99 Å². The average molecular weight is 407 g/mol. The molecule has 118 valence electrons. The van der Waals surface area contributed by atoms with Crippen LogP contribution in [0.5, 0.6) is 5.75 Å². The first kappa shape index (κ1) is 18.0. The number of aliphatic imine (C=N–C) groups is 1. The van der Waals surface area contributed by atoms with Gasteiger partial charge in [-0.1, -0.05) is 6.07 Å². The topological polar surface area (TPSA) is 45.7 Å². The zero-order valence-electron chi connectivity index (χ0n) is 12.6. The number of nitrogens with one attached hydrogen (secondary N) is 2. The van der Waals surface area contributed by atoms with E-state index in [2.05, 4.69) is 15.6 Å². The van der Waals surface area contributed by atoms with E-state index in [0.29, 0.717) is 24.2 Å². The van der Waals surface area contributed by atoms with Gasteiger partial charge in [0.05, 0.1) is 12.6 Å². The van der Waals surface area contributed by atoms with Gasteiger partial charge in [0.1, 0.15) is 0 Å². The molecule has 21 heavy (non-hydrogen) atoms. The summed E-state index contributed by atoms with van der Waals surface area (Å²) in [5, 5.41) is 6.11. The van der Waals surface area contributed by atoms with Crippen LogP contribution >= 0.6 is 24.0 Å². The standard InChI is InChI=1S/C15H22FN3O.HI/c1-10(19-15(17-2)18-3)12-6-7-14(13(16)8-12)20-9-11-4-5-11;/h6-8,10-11H,4-5,9H2,1-3H3,(H2,17,18,19);1H. The van der Waals surface area contributed by atoms with Crippen LogP contribution in [-0.2, 0) is 0 Å². The van der Waals surface area contributed by atoms with E-state index >= 15 is 0 Å². The van der Waals surface area contributed by atoms with Crippen LogP contribution in [0.3, 0.4) is 0 Å². The minimum absolute atomic E-state index is 0. The number of nitrogens with zero attached hydrogens (tertiary/aromatic N) is 1. The van der Waals surface area contributed by atoms with Crippen LogP contribution in [0.15, 0.2) is 23.2 Å².